The second kappa shape index (κ2) is 14.4. The molecule has 0 bridgehead atoms. The Morgan fingerprint density at radius 1 is 1.09 bits per heavy atom. The first kappa shape index (κ1) is 31.8. The van der Waals surface area contributed by atoms with E-state index in [2.05, 4.69) is 51.4 Å². The Balaban J connectivity index is 1.38. The number of nitrogens with zero attached hydrogens (tertiary/aromatic N) is 4. The lowest BCUT2D eigenvalue weighted by atomic mass is 9.98. The van der Waals surface area contributed by atoms with E-state index < -0.39 is 18.1 Å². The maximum atomic E-state index is 14.2. The highest BCUT2D eigenvalue weighted by Crippen LogP contribution is 2.38. The summed E-state index contributed by atoms with van der Waals surface area (Å²) < 4.78 is 34.7. The normalized spacial score (nSPS) is 20.0. The average molecular weight is 628 g/mol. The lowest BCUT2D eigenvalue weighted by Crippen LogP contribution is -2.38. The Kier molecular flexibility index (Phi) is 10.4. The average Bonchev–Trinajstić information content (AvgIpc) is 3.47. The second-order valence-electron chi connectivity index (χ2n) is 11.6. The molecule has 2 aliphatic rings. The van der Waals surface area contributed by atoms with Crippen molar-refractivity contribution in [3.8, 4) is 11.1 Å². The molecule has 2 atom stereocenters. The number of rotatable bonds is 7. The van der Waals surface area contributed by atoms with E-state index in [0.717, 1.165) is 61.4 Å². The minimum atomic E-state index is -2.87. The Morgan fingerprint density at radius 2 is 1.84 bits per heavy atom. The summed E-state index contributed by atoms with van der Waals surface area (Å²) in [5.41, 5.74) is 3.43. The van der Waals surface area contributed by atoms with Crippen molar-refractivity contribution in [2.24, 2.45) is 5.92 Å². The number of hydrogen-bond donors (Lipinski definition) is 1. The standard InChI is InChI=1S/C33H40ClF2N5O3/c1-3-44-33(43)28-20-38-41(31(28)32(35)36)26-7-5-16-40(21-26)29-19-24(34)10-13-27(29)23-8-11-25(12-9-23)39-15-4-6-22(2)18-30(42)37-14-17-39/h8-13,19-20,22,26,32H,3-7,14-18,21H2,1-2H3,(H,37,42). The highest BCUT2D eigenvalue weighted by atomic mass is 35.5. The molecule has 8 nitrogen and oxygen atoms in total. The molecule has 44 heavy (non-hydrogen) atoms. The maximum absolute atomic E-state index is 14.2. The molecule has 3 aromatic rings. The van der Waals surface area contributed by atoms with E-state index >= 15 is 0 Å². The maximum Gasteiger partial charge on any atom is 0.341 e. The third-order valence-electron chi connectivity index (χ3n) is 8.49. The van der Waals surface area contributed by atoms with Crippen molar-refractivity contribution in [3.63, 3.8) is 0 Å². The van der Waals surface area contributed by atoms with Crippen LogP contribution in [-0.2, 0) is 9.53 Å². The van der Waals surface area contributed by atoms with E-state index in [1.807, 2.05) is 18.2 Å². The Bertz CT molecular complexity index is 1450. The third-order valence-corrected chi connectivity index (χ3v) is 8.72. The molecule has 3 heterocycles. The van der Waals surface area contributed by atoms with Crippen molar-refractivity contribution in [2.45, 2.75) is 58.4 Å². The summed E-state index contributed by atoms with van der Waals surface area (Å²) in [6.07, 6.45) is 2.35. The monoisotopic (exact) mass is 627 g/mol. The van der Waals surface area contributed by atoms with Crippen molar-refractivity contribution in [1.29, 1.82) is 0 Å². The summed E-state index contributed by atoms with van der Waals surface area (Å²) in [7, 11) is 0. The van der Waals surface area contributed by atoms with Gasteiger partial charge >= 0.3 is 5.97 Å². The van der Waals surface area contributed by atoms with Crippen molar-refractivity contribution in [1.82, 2.24) is 15.1 Å². The first-order chi connectivity index (χ1) is 21.2. The number of aromatic nitrogens is 2. The van der Waals surface area contributed by atoms with Crippen LogP contribution in [0.3, 0.4) is 0 Å². The summed E-state index contributed by atoms with van der Waals surface area (Å²) in [6, 6.07) is 13.8. The molecule has 2 unspecified atom stereocenters. The fourth-order valence-electron chi connectivity index (χ4n) is 6.30. The van der Waals surface area contributed by atoms with Gasteiger partial charge in [-0.1, -0.05) is 36.7 Å². The van der Waals surface area contributed by atoms with Crippen LogP contribution in [0.15, 0.2) is 48.7 Å². The summed E-state index contributed by atoms with van der Waals surface area (Å²) in [4.78, 5) is 29.0. The van der Waals surface area contributed by atoms with Gasteiger partial charge in [-0.05, 0) is 68.4 Å². The third kappa shape index (κ3) is 7.34. The van der Waals surface area contributed by atoms with Gasteiger partial charge < -0.3 is 19.9 Å². The van der Waals surface area contributed by atoms with Gasteiger partial charge in [-0.15, -0.1) is 0 Å². The van der Waals surface area contributed by atoms with E-state index in [1.165, 1.54) is 10.9 Å². The number of alkyl halides is 2. The lowest BCUT2D eigenvalue weighted by molar-refractivity contribution is -0.121. The van der Waals surface area contributed by atoms with Crippen LogP contribution >= 0.6 is 11.6 Å². The zero-order chi connectivity index (χ0) is 31.2. The Morgan fingerprint density at radius 3 is 2.59 bits per heavy atom. The Labute approximate surface area is 262 Å². The molecule has 1 aromatic heterocycles. The smallest absolute Gasteiger partial charge is 0.341 e. The molecule has 0 saturated carbocycles. The van der Waals surface area contributed by atoms with Crippen LogP contribution in [0.5, 0.6) is 0 Å². The number of esters is 1. The SMILES string of the molecule is CCOC(=O)c1cnn(C2CCCN(c3cc(Cl)ccc3-c3ccc(N4CCCC(C)CC(=O)NCC4)cc3)C2)c1C(F)F. The van der Waals surface area contributed by atoms with Gasteiger partial charge in [-0.3, -0.25) is 9.48 Å². The summed E-state index contributed by atoms with van der Waals surface area (Å²) in [5, 5.41) is 7.86. The predicted octanol–water partition coefficient (Wildman–Crippen LogP) is 6.90. The van der Waals surface area contributed by atoms with Crippen LogP contribution in [0, 0.1) is 5.92 Å². The van der Waals surface area contributed by atoms with E-state index in [4.69, 9.17) is 16.3 Å². The molecule has 2 fully saturated rings. The zero-order valence-corrected chi connectivity index (χ0v) is 26.0. The molecule has 1 amide bonds. The second-order valence-corrected chi connectivity index (χ2v) is 12.1. The fraction of sp³-hybridized carbons (Fsp3) is 0.485. The number of halogens is 3. The number of piperidine rings is 1. The van der Waals surface area contributed by atoms with E-state index in [-0.39, 0.29) is 24.1 Å². The molecule has 2 aliphatic heterocycles. The number of nitrogens with one attached hydrogen (secondary N) is 1. The van der Waals surface area contributed by atoms with E-state index in [9.17, 15) is 18.4 Å². The molecular formula is C33H40ClF2N5O3. The van der Waals surface area contributed by atoms with Crippen LogP contribution < -0.4 is 15.1 Å². The number of benzene rings is 2. The molecule has 11 heteroatoms. The summed E-state index contributed by atoms with van der Waals surface area (Å²) in [5.74, 6) is -0.310. The van der Waals surface area contributed by atoms with Gasteiger partial charge in [0.25, 0.3) is 6.43 Å². The highest BCUT2D eigenvalue weighted by molar-refractivity contribution is 6.31. The van der Waals surface area contributed by atoms with Gasteiger partial charge in [0.2, 0.25) is 5.91 Å². The van der Waals surface area contributed by atoms with Crippen LogP contribution in [-0.4, -0.2) is 61.0 Å². The number of carbonyl (C=O) groups is 2. The number of amides is 1. The molecule has 0 aliphatic carbocycles. The van der Waals surface area contributed by atoms with Crippen molar-refractivity contribution >= 4 is 34.9 Å². The van der Waals surface area contributed by atoms with Crippen LogP contribution in [0.2, 0.25) is 5.02 Å². The number of hydrogen-bond acceptors (Lipinski definition) is 6. The first-order valence-electron chi connectivity index (χ1n) is 15.4. The van der Waals surface area contributed by atoms with Gasteiger partial charge in [0, 0.05) is 61.1 Å². The van der Waals surface area contributed by atoms with Gasteiger partial charge in [0.15, 0.2) is 0 Å². The molecule has 0 spiro atoms. The van der Waals surface area contributed by atoms with Crippen LogP contribution in [0.4, 0.5) is 20.2 Å². The summed E-state index contributed by atoms with van der Waals surface area (Å²) in [6.45, 7) is 7.30. The first-order valence-corrected chi connectivity index (χ1v) is 15.8. The summed E-state index contributed by atoms with van der Waals surface area (Å²) >= 11 is 6.48. The molecule has 1 N–H and O–H groups in total. The highest BCUT2D eigenvalue weighted by Gasteiger charge is 2.32. The molecule has 2 saturated heterocycles. The van der Waals surface area contributed by atoms with Crippen molar-refractivity contribution in [2.75, 3.05) is 49.1 Å². The fourth-order valence-corrected chi connectivity index (χ4v) is 6.47. The molecule has 0 radical (unpaired) electrons. The topological polar surface area (TPSA) is 79.7 Å². The molecular weight excluding hydrogens is 588 g/mol. The van der Waals surface area contributed by atoms with E-state index in [1.54, 1.807) is 6.92 Å². The minimum absolute atomic E-state index is 0.0952. The van der Waals surface area contributed by atoms with Crippen LogP contribution in [0.25, 0.3) is 11.1 Å². The van der Waals surface area contributed by atoms with Gasteiger partial charge in [0.1, 0.15) is 11.3 Å². The van der Waals surface area contributed by atoms with Crippen molar-refractivity contribution < 1.29 is 23.1 Å². The quantitative estimate of drug-likeness (QED) is 0.287. The predicted molar refractivity (Wildman–Crippen MR) is 169 cm³/mol. The van der Waals surface area contributed by atoms with E-state index in [0.29, 0.717) is 36.9 Å². The number of ether oxygens (including phenoxy) is 1. The lowest BCUT2D eigenvalue weighted by Gasteiger charge is -2.36. The van der Waals surface area contributed by atoms with Gasteiger partial charge in [-0.25, -0.2) is 13.6 Å². The van der Waals surface area contributed by atoms with Crippen LogP contribution in [0.1, 0.15) is 74.5 Å². The number of carbonyl (C=O) groups excluding carboxylic acids is 2. The largest absolute Gasteiger partial charge is 0.462 e. The molecule has 2 aromatic carbocycles. The zero-order valence-electron chi connectivity index (χ0n) is 25.3. The number of anilines is 2. The van der Waals surface area contributed by atoms with Gasteiger partial charge in [-0.2, -0.15) is 5.10 Å². The minimum Gasteiger partial charge on any atom is -0.462 e. The van der Waals surface area contributed by atoms with Gasteiger partial charge in [0.05, 0.1) is 18.8 Å². The molecule has 5 rings (SSSR count). The Hall–Kier alpha value is -3.66. The molecule has 236 valence electrons. The van der Waals surface area contributed by atoms with Crippen molar-refractivity contribution in [3.05, 3.63) is 64.9 Å².